The average Bonchev–Trinajstić information content (AvgIpc) is 3.38. The van der Waals surface area contributed by atoms with Crippen LogP contribution in [0.5, 0.6) is 0 Å². The average molecular weight is 412 g/mol. The number of anilines is 2. The fourth-order valence-electron chi connectivity index (χ4n) is 3.31. The van der Waals surface area contributed by atoms with Crippen LogP contribution in [-0.2, 0) is 0 Å². The first-order chi connectivity index (χ1) is 14.4. The first-order valence-electron chi connectivity index (χ1n) is 9.35. The highest BCUT2D eigenvalue weighted by Crippen LogP contribution is 2.31. The van der Waals surface area contributed by atoms with Crippen LogP contribution in [0.25, 0.3) is 11.5 Å². The molecule has 2 heterocycles. The van der Waals surface area contributed by atoms with E-state index < -0.39 is 29.0 Å². The molecule has 2 aromatic carbocycles. The first-order valence-corrected chi connectivity index (χ1v) is 9.35. The standard InChI is InChI=1S/C21H18F2N4O3/c22-14-4-3-5-15(23)16(14)19-26-17(18(24)28)20(30-19)25-13-8-6-12(7-9-13)21(29)27-10-1-2-11-27/h3-9,25H,1-2,10-11H2,(H2,24,28). The highest BCUT2D eigenvalue weighted by atomic mass is 19.1. The minimum atomic E-state index is -0.926. The van der Waals surface area contributed by atoms with E-state index in [9.17, 15) is 18.4 Å². The van der Waals surface area contributed by atoms with Gasteiger partial charge in [-0.3, -0.25) is 9.59 Å². The number of hydrogen-bond donors (Lipinski definition) is 2. The van der Waals surface area contributed by atoms with Gasteiger partial charge in [-0.25, -0.2) is 13.8 Å². The van der Waals surface area contributed by atoms with Crippen LogP contribution in [0, 0.1) is 11.6 Å². The number of nitrogens with one attached hydrogen (secondary N) is 1. The van der Waals surface area contributed by atoms with Crippen molar-refractivity contribution in [2.45, 2.75) is 12.8 Å². The molecule has 30 heavy (non-hydrogen) atoms. The number of oxazole rings is 1. The largest absolute Gasteiger partial charge is 0.419 e. The van der Waals surface area contributed by atoms with Crippen LogP contribution in [0.2, 0.25) is 0 Å². The van der Waals surface area contributed by atoms with E-state index in [-0.39, 0.29) is 17.5 Å². The Bertz CT molecular complexity index is 1090. The predicted octanol–water partition coefficient (Wildman–Crippen LogP) is 3.70. The molecule has 0 radical (unpaired) electrons. The summed E-state index contributed by atoms with van der Waals surface area (Å²) in [5, 5.41) is 2.82. The van der Waals surface area contributed by atoms with Gasteiger partial charge in [-0.1, -0.05) is 6.07 Å². The highest BCUT2D eigenvalue weighted by molar-refractivity contribution is 5.97. The third kappa shape index (κ3) is 3.73. The van der Waals surface area contributed by atoms with Crippen molar-refractivity contribution in [1.82, 2.24) is 9.88 Å². The molecule has 7 nitrogen and oxygen atoms in total. The Morgan fingerprint density at radius 1 is 1.03 bits per heavy atom. The SMILES string of the molecule is NC(=O)c1nc(-c2c(F)cccc2F)oc1Nc1ccc(C(=O)N2CCCC2)cc1. The molecule has 4 rings (SSSR count). The Morgan fingerprint density at radius 3 is 2.27 bits per heavy atom. The van der Waals surface area contributed by atoms with E-state index in [1.807, 2.05) is 0 Å². The molecular formula is C21H18F2N4O3. The molecule has 0 spiro atoms. The molecule has 0 aliphatic carbocycles. The maximum absolute atomic E-state index is 14.0. The second-order valence-electron chi connectivity index (χ2n) is 6.86. The lowest BCUT2D eigenvalue weighted by Gasteiger charge is -2.15. The normalized spacial score (nSPS) is 13.5. The maximum Gasteiger partial charge on any atom is 0.273 e. The Balaban J connectivity index is 1.60. The molecule has 154 valence electrons. The van der Waals surface area contributed by atoms with E-state index in [2.05, 4.69) is 10.3 Å². The van der Waals surface area contributed by atoms with Crippen LogP contribution in [0.4, 0.5) is 20.4 Å². The summed E-state index contributed by atoms with van der Waals surface area (Å²) in [4.78, 5) is 29.8. The Morgan fingerprint density at radius 2 is 1.67 bits per heavy atom. The quantitative estimate of drug-likeness (QED) is 0.665. The third-order valence-electron chi connectivity index (χ3n) is 4.82. The molecule has 3 aromatic rings. The van der Waals surface area contributed by atoms with E-state index in [0.29, 0.717) is 11.3 Å². The summed E-state index contributed by atoms with van der Waals surface area (Å²) in [5.74, 6) is -3.31. The monoisotopic (exact) mass is 412 g/mol. The lowest BCUT2D eigenvalue weighted by atomic mass is 10.2. The van der Waals surface area contributed by atoms with Gasteiger partial charge < -0.3 is 20.4 Å². The number of amides is 2. The van der Waals surface area contributed by atoms with Crippen molar-refractivity contribution >= 4 is 23.4 Å². The molecule has 1 fully saturated rings. The van der Waals surface area contributed by atoms with Crippen molar-refractivity contribution in [1.29, 1.82) is 0 Å². The topological polar surface area (TPSA) is 101 Å². The van der Waals surface area contributed by atoms with Crippen LogP contribution in [0.1, 0.15) is 33.7 Å². The molecule has 0 unspecified atom stereocenters. The van der Waals surface area contributed by atoms with Gasteiger partial charge in [-0.2, -0.15) is 0 Å². The van der Waals surface area contributed by atoms with E-state index in [1.54, 1.807) is 29.2 Å². The fourth-order valence-corrected chi connectivity index (χ4v) is 3.31. The fraction of sp³-hybridized carbons (Fsp3) is 0.190. The number of rotatable bonds is 5. The second kappa shape index (κ2) is 7.94. The van der Waals surface area contributed by atoms with Crippen molar-refractivity contribution in [2.75, 3.05) is 18.4 Å². The molecule has 1 aromatic heterocycles. The van der Waals surface area contributed by atoms with Gasteiger partial charge >= 0.3 is 0 Å². The smallest absolute Gasteiger partial charge is 0.273 e. The molecule has 1 saturated heterocycles. The summed E-state index contributed by atoms with van der Waals surface area (Å²) in [5.41, 5.74) is 5.54. The zero-order chi connectivity index (χ0) is 21.3. The van der Waals surface area contributed by atoms with Gasteiger partial charge in [0.2, 0.25) is 11.8 Å². The van der Waals surface area contributed by atoms with E-state index in [1.165, 1.54) is 6.07 Å². The minimum absolute atomic E-state index is 0.0474. The van der Waals surface area contributed by atoms with Crippen molar-refractivity contribution in [3.63, 3.8) is 0 Å². The number of nitrogens with two attached hydrogens (primary N) is 1. The van der Waals surface area contributed by atoms with Gasteiger partial charge in [0.1, 0.15) is 17.2 Å². The first kappa shape index (κ1) is 19.6. The van der Waals surface area contributed by atoms with Crippen molar-refractivity contribution in [2.24, 2.45) is 5.73 Å². The van der Waals surface area contributed by atoms with E-state index in [4.69, 9.17) is 10.2 Å². The van der Waals surface area contributed by atoms with Crippen LogP contribution in [0.15, 0.2) is 46.9 Å². The molecule has 1 aliphatic rings. The third-order valence-corrected chi connectivity index (χ3v) is 4.82. The highest BCUT2D eigenvalue weighted by Gasteiger charge is 2.24. The summed E-state index contributed by atoms with van der Waals surface area (Å²) in [7, 11) is 0. The molecule has 9 heteroatoms. The van der Waals surface area contributed by atoms with Gasteiger partial charge in [0.05, 0.1) is 0 Å². The molecule has 3 N–H and O–H groups in total. The predicted molar refractivity (Wildman–Crippen MR) is 105 cm³/mol. The number of nitrogens with zero attached hydrogens (tertiary/aromatic N) is 2. The lowest BCUT2D eigenvalue weighted by Crippen LogP contribution is -2.27. The summed E-state index contributed by atoms with van der Waals surface area (Å²) in [6.07, 6.45) is 2.00. The number of benzene rings is 2. The van der Waals surface area contributed by atoms with Gasteiger partial charge in [0.15, 0.2) is 5.69 Å². The Hall–Kier alpha value is -3.75. The zero-order valence-corrected chi connectivity index (χ0v) is 15.8. The van der Waals surface area contributed by atoms with Gasteiger partial charge in [0, 0.05) is 24.3 Å². The maximum atomic E-state index is 14.0. The van der Waals surface area contributed by atoms with Gasteiger partial charge in [0.25, 0.3) is 11.8 Å². The molecule has 1 aliphatic heterocycles. The number of primary amides is 1. The summed E-state index contributed by atoms with van der Waals surface area (Å²) >= 11 is 0. The molecule has 0 bridgehead atoms. The second-order valence-corrected chi connectivity index (χ2v) is 6.86. The van der Waals surface area contributed by atoms with Crippen LogP contribution in [-0.4, -0.2) is 34.8 Å². The molecule has 0 atom stereocenters. The van der Waals surface area contributed by atoms with Crippen LogP contribution in [0.3, 0.4) is 0 Å². The number of halogens is 2. The number of carbonyl (C=O) groups is 2. The van der Waals surface area contributed by atoms with Crippen molar-refractivity contribution in [3.05, 3.63) is 65.4 Å². The number of likely N-dealkylation sites (tertiary alicyclic amines) is 1. The van der Waals surface area contributed by atoms with Crippen LogP contribution < -0.4 is 11.1 Å². The summed E-state index contributed by atoms with van der Waals surface area (Å²) in [6.45, 7) is 1.49. The van der Waals surface area contributed by atoms with Crippen molar-refractivity contribution < 1.29 is 22.8 Å². The summed E-state index contributed by atoms with van der Waals surface area (Å²) in [6, 6.07) is 9.84. The molecule has 2 amide bonds. The van der Waals surface area contributed by atoms with E-state index in [0.717, 1.165) is 38.1 Å². The van der Waals surface area contributed by atoms with Crippen LogP contribution >= 0.6 is 0 Å². The van der Waals surface area contributed by atoms with Gasteiger partial charge in [-0.15, -0.1) is 0 Å². The molecular weight excluding hydrogens is 394 g/mol. The Labute approximate surface area is 170 Å². The van der Waals surface area contributed by atoms with Gasteiger partial charge in [-0.05, 0) is 49.2 Å². The zero-order valence-electron chi connectivity index (χ0n) is 15.8. The summed E-state index contributed by atoms with van der Waals surface area (Å²) < 4.78 is 33.5. The lowest BCUT2D eigenvalue weighted by molar-refractivity contribution is 0.0792. The minimum Gasteiger partial charge on any atom is -0.419 e. The number of hydrogen-bond acceptors (Lipinski definition) is 5. The Kier molecular flexibility index (Phi) is 5.18. The molecule has 0 saturated carbocycles. The number of carbonyl (C=O) groups excluding carboxylic acids is 2. The van der Waals surface area contributed by atoms with E-state index >= 15 is 0 Å². The number of aromatic nitrogens is 1. The van der Waals surface area contributed by atoms with Crippen molar-refractivity contribution in [3.8, 4) is 11.5 Å².